The second-order valence-electron chi connectivity index (χ2n) is 1.55. The summed E-state index contributed by atoms with van der Waals surface area (Å²) in [6.07, 6.45) is 0. The maximum absolute atomic E-state index is 12.0. The van der Waals surface area contributed by atoms with E-state index in [9.17, 15) is 26.5 Å². The van der Waals surface area contributed by atoms with E-state index in [2.05, 4.69) is 23.6 Å². The van der Waals surface area contributed by atoms with E-state index in [1.807, 2.05) is 0 Å². The van der Waals surface area contributed by atoms with Gasteiger partial charge in [-0.1, -0.05) is 12.9 Å². The summed E-state index contributed by atoms with van der Waals surface area (Å²) in [5.41, 5.74) is 0. The van der Waals surface area contributed by atoms with Gasteiger partial charge < -0.3 is 0 Å². The van der Waals surface area contributed by atoms with Crippen LogP contribution < -0.4 is 0 Å². The lowest BCUT2D eigenvalue weighted by Gasteiger charge is -2.26. The average molecular weight is 237 g/mol. The molecule has 2 nitrogen and oxygen atoms in total. The molecule has 0 aromatic rings. The highest BCUT2D eigenvalue weighted by molar-refractivity contribution is 6.34. The van der Waals surface area contributed by atoms with Crippen molar-refractivity contribution in [2.75, 3.05) is 0 Å². The Morgan fingerprint density at radius 3 is 1.25 bits per heavy atom. The van der Waals surface area contributed by atoms with E-state index in [-0.39, 0.29) is 0 Å². The van der Waals surface area contributed by atoms with Crippen LogP contribution in [0.15, 0.2) is 0 Å². The van der Waals surface area contributed by atoms with Crippen LogP contribution in [0.3, 0.4) is 0 Å². The minimum Gasteiger partial charge on any atom is -0.177 e. The van der Waals surface area contributed by atoms with Gasteiger partial charge in [-0.2, -0.15) is 17.6 Å². The van der Waals surface area contributed by atoms with E-state index in [0.29, 0.717) is 0 Å². The van der Waals surface area contributed by atoms with E-state index >= 15 is 0 Å². The van der Waals surface area contributed by atoms with E-state index < -0.39 is 21.4 Å². The molecule has 0 aliphatic carbocycles. The summed E-state index contributed by atoms with van der Waals surface area (Å²) >= 11 is 8.41. The standard InChI is InChI=1S/C2Cl2F6N2/c3-11(4)1(5,6)2(7,8)12(9)10. The molecule has 0 saturated heterocycles. The normalized spacial score (nSPS) is 14.5. The highest BCUT2D eigenvalue weighted by Crippen LogP contribution is 2.42. The number of hydrogen-bond acceptors (Lipinski definition) is 2. The van der Waals surface area contributed by atoms with Gasteiger partial charge in [-0.05, 0) is 0 Å². The maximum Gasteiger partial charge on any atom is 0.436 e. The molecule has 0 aromatic heterocycles. The Hall–Kier alpha value is 0.0800. The molecule has 0 fully saturated rings. The summed E-state index contributed by atoms with van der Waals surface area (Å²) in [6, 6.07) is -11.1. The van der Waals surface area contributed by atoms with E-state index in [1.54, 1.807) is 0 Å². The van der Waals surface area contributed by atoms with Crippen LogP contribution in [-0.2, 0) is 0 Å². The first-order valence-electron chi connectivity index (χ1n) is 2.13. The predicted octanol–water partition coefficient (Wildman–Crippen LogP) is 2.85. The molecule has 0 aromatic carbocycles. The van der Waals surface area contributed by atoms with Crippen LogP contribution in [0.4, 0.5) is 26.5 Å². The molecule has 0 atom stereocenters. The van der Waals surface area contributed by atoms with Crippen LogP contribution in [0, 0.1) is 0 Å². The lowest BCUT2D eigenvalue weighted by Crippen LogP contribution is -2.52. The minimum absolute atomic E-state index is 1.35. The fourth-order valence-electron chi connectivity index (χ4n) is 0.203. The number of nitrogens with zero attached hydrogens (tertiary/aromatic N) is 2. The zero-order valence-electron chi connectivity index (χ0n) is 4.92. The molecule has 0 aliphatic heterocycles. The molecule has 0 saturated carbocycles. The molecular weight excluding hydrogens is 237 g/mol. The second-order valence-corrected chi connectivity index (χ2v) is 2.40. The van der Waals surface area contributed by atoms with Gasteiger partial charge in [0.05, 0.1) is 5.34 Å². The van der Waals surface area contributed by atoms with Gasteiger partial charge in [0, 0.05) is 23.6 Å². The summed E-state index contributed by atoms with van der Waals surface area (Å²) in [6.45, 7) is 0. The second kappa shape index (κ2) is 3.44. The topological polar surface area (TPSA) is 6.48 Å². The average Bonchev–Trinajstić information content (AvgIpc) is 1.86. The Bertz CT molecular complexity index is 142. The Labute approximate surface area is 72.3 Å². The van der Waals surface area contributed by atoms with Crippen molar-refractivity contribution in [3.8, 4) is 0 Å². The van der Waals surface area contributed by atoms with Crippen molar-refractivity contribution in [3.63, 3.8) is 0 Å². The Morgan fingerprint density at radius 2 is 1.17 bits per heavy atom. The Balaban J connectivity index is 4.75. The Kier molecular flexibility index (Phi) is 3.47. The SMILES string of the molecule is FN(F)C(F)(F)C(F)(F)N(Cl)Cl. The van der Waals surface area contributed by atoms with Crippen molar-refractivity contribution in [1.82, 2.24) is 9.28 Å². The molecule has 0 N–H and O–H groups in total. The summed E-state index contributed by atoms with van der Waals surface area (Å²) in [7, 11) is 0. The van der Waals surface area contributed by atoms with Gasteiger partial charge in [-0.3, -0.25) is 0 Å². The molecule has 12 heavy (non-hydrogen) atoms. The lowest BCUT2D eigenvalue weighted by atomic mass is 10.5. The van der Waals surface area contributed by atoms with Gasteiger partial charge in [0.15, 0.2) is 0 Å². The van der Waals surface area contributed by atoms with Crippen LogP contribution in [0.5, 0.6) is 0 Å². The van der Waals surface area contributed by atoms with Gasteiger partial charge in [0.25, 0.3) is 0 Å². The van der Waals surface area contributed by atoms with Gasteiger partial charge in [-0.15, -0.1) is 0 Å². The summed E-state index contributed by atoms with van der Waals surface area (Å²) in [4.78, 5) is 0. The van der Waals surface area contributed by atoms with Gasteiger partial charge >= 0.3 is 12.1 Å². The van der Waals surface area contributed by atoms with Gasteiger partial charge in [0.2, 0.25) is 0 Å². The first-order chi connectivity index (χ1) is 5.14. The fraction of sp³-hybridized carbons (Fsp3) is 1.00. The highest BCUT2D eigenvalue weighted by Gasteiger charge is 2.66. The van der Waals surface area contributed by atoms with Crippen LogP contribution in [0.1, 0.15) is 0 Å². The van der Waals surface area contributed by atoms with E-state index in [4.69, 9.17) is 0 Å². The minimum atomic E-state index is -5.75. The van der Waals surface area contributed by atoms with Crippen molar-refractivity contribution >= 4 is 23.6 Å². The molecule has 0 spiro atoms. The number of halogens is 8. The highest BCUT2D eigenvalue weighted by atomic mass is 35.5. The third-order valence-electron chi connectivity index (χ3n) is 0.786. The molecule has 0 radical (unpaired) electrons. The van der Waals surface area contributed by atoms with Crippen LogP contribution in [-0.4, -0.2) is 21.4 Å². The van der Waals surface area contributed by atoms with Crippen LogP contribution >= 0.6 is 23.6 Å². The lowest BCUT2D eigenvalue weighted by molar-refractivity contribution is -0.412. The monoisotopic (exact) mass is 236 g/mol. The quantitative estimate of drug-likeness (QED) is 0.423. The largest absolute Gasteiger partial charge is 0.436 e. The molecular formula is C2Cl2F6N2. The molecule has 0 heterocycles. The first kappa shape index (κ1) is 12.1. The summed E-state index contributed by atoms with van der Waals surface area (Å²) in [5.74, 6) is 0. The van der Waals surface area contributed by atoms with Gasteiger partial charge in [-0.25, -0.2) is 0 Å². The third-order valence-corrected chi connectivity index (χ3v) is 1.21. The van der Waals surface area contributed by atoms with Crippen molar-refractivity contribution in [2.24, 2.45) is 0 Å². The molecule has 74 valence electrons. The Morgan fingerprint density at radius 1 is 0.833 bits per heavy atom. The zero-order chi connectivity index (χ0) is 10.2. The van der Waals surface area contributed by atoms with Gasteiger partial charge in [0.1, 0.15) is 0 Å². The first-order valence-corrected chi connectivity index (χ1v) is 2.81. The molecule has 0 rings (SSSR count). The zero-order valence-corrected chi connectivity index (χ0v) is 6.43. The molecule has 0 unspecified atom stereocenters. The van der Waals surface area contributed by atoms with E-state index in [0.717, 1.165) is 0 Å². The smallest absolute Gasteiger partial charge is 0.177 e. The van der Waals surface area contributed by atoms with Crippen molar-refractivity contribution in [3.05, 3.63) is 0 Å². The molecule has 0 aliphatic rings. The number of alkyl halides is 4. The van der Waals surface area contributed by atoms with Crippen LogP contribution in [0.25, 0.3) is 0 Å². The predicted molar refractivity (Wildman–Crippen MR) is 27.5 cm³/mol. The van der Waals surface area contributed by atoms with Crippen molar-refractivity contribution < 1.29 is 26.5 Å². The summed E-state index contributed by atoms with van der Waals surface area (Å²) < 4.78 is 68.4. The molecule has 10 heteroatoms. The van der Waals surface area contributed by atoms with Crippen molar-refractivity contribution in [1.29, 1.82) is 0 Å². The number of hydrogen-bond donors (Lipinski definition) is 0. The third kappa shape index (κ3) is 1.87. The van der Waals surface area contributed by atoms with E-state index in [1.165, 1.54) is 0 Å². The summed E-state index contributed by atoms with van der Waals surface area (Å²) in [5, 5.41) is -2.98. The van der Waals surface area contributed by atoms with Crippen molar-refractivity contribution in [2.45, 2.75) is 12.1 Å². The van der Waals surface area contributed by atoms with Crippen LogP contribution in [0.2, 0.25) is 0 Å². The molecule has 0 amide bonds. The molecule has 0 bridgehead atoms. The maximum atomic E-state index is 12.0. The number of rotatable bonds is 3. The fourth-order valence-corrected chi connectivity index (χ4v) is 0.407.